The number of carbonyl (C=O) groups excluding carboxylic acids is 6. The number of ether oxygens (including phenoxy) is 2. The van der Waals surface area contributed by atoms with Crippen molar-refractivity contribution in [2.24, 2.45) is 0 Å². The summed E-state index contributed by atoms with van der Waals surface area (Å²) in [6.45, 7) is 13.0. The van der Waals surface area contributed by atoms with E-state index in [9.17, 15) is 49.2 Å². The normalized spacial score (nSPS) is 14.5. The number of aromatic nitrogens is 6. The smallest absolute Gasteiger partial charge is 0.330 e. The summed E-state index contributed by atoms with van der Waals surface area (Å²) >= 11 is 0. The zero-order chi connectivity index (χ0) is 67.3. The van der Waals surface area contributed by atoms with Crippen molar-refractivity contribution in [1.82, 2.24) is 49.6 Å². The molecule has 2 aliphatic rings. The number of urea groups is 2. The lowest BCUT2D eigenvalue weighted by Gasteiger charge is -2.23. The first-order valence-electron chi connectivity index (χ1n) is 30.0. The molecule has 0 atom stereocenters. The van der Waals surface area contributed by atoms with Crippen LogP contribution in [0.15, 0.2) is 170 Å². The highest BCUT2D eigenvalue weighted by atomic mass is 16.5. The molecule has 26 nitrogen and oxygen atoms in total. The molecule has 0 saturated carbocycles. The van der Waals surface area contributed by atoms with Gasteiger partial charge >= 0.3 is 47.3 Å². The first kappa shape index (κ1) is 65.9. The third-order valence-electron chi connectivity index (χ3n) is 15.5. The maximum Gasteiger partial charge on any atom is 0.330 e. The summed E-state index contributed by atoms with van der Waals surface area (Å²) in [5.41, 5.74) is 6.83. The third-order valence-corrected chi connectivity index (χ3v) is 15.5. The minimum absolute atomic E-state index is 0.0569. The maximum atomic E-state index is 13.5. The number of hydrogen-bond acceptors (Lipinski definition) is 16. The van der Waals surface area contributed by atoms with Crippen LogP contribution in [0.25, 0.3) is 22.1 Å². The molecular formula is C68H72N14O12. The Morgan fingerprint density at radius 1 is 0.479 bits per heavy atom. The fraction of sp³-hybridized carbons (Fsp3) is 0.265. The Bertz CT molecular complexity index is 4240. The van der Waals surface area contributed by atoms with Crippen molar-refractivity contribution < 1.29 is 58.7 Å². The van der Waals surface area contributed by atoms with Crippen LogP contribution in [-0.4, -0.2) is 145 Å². The summed E-state index contributed by atoms with van der Waals surface area (Å²) in [7, 11) is 2.58. The van der Waals surface area contributed by atoms with Gasteiger partial charge in [-0.2, -0.15) is 10.2 Å². The van der Waals surface area contributed by atoms with Crippen molar-refractivity contribution >= 4 is 69.5 Å². The summed E-state index contributed by atoms with van der Waals surface area (Å²) in [5.74, 6) is -8.39. The first-order chi connectivity index (χ1) is 44.6. The number of hydrogen-bond donors (Lipinski definition) is 8. The SMILES string of the molecule is CN1C(=O)C(O)(O)C(=O)N1Cc1ccc(-n2nc(C(C)(C)C)cc2NC(=O)Nc2ccc(OCCc3ccncc3)c3ccccc23)cc1.CN1C(=O)C(O)(O)C(=O)N1Cc1ccc(-n2nc(C(C)(C)C)cc2NC(=O)Nc2ccc(OCCc3ccncc3)cc2)cc1. The van der Waals surface area contributed by atoms with Gasteiger partial charge in [0.1, 0.15) is 23.1 Å². The van der Waals surface area contributed by atoms with Gasteiger partial charge in [0, 0.05) is 91.1 Å². The van der Waals surface area contributed by atoms with Gasteiger partial charge in [0.25, 0.3) is 0 Å². The molecule has 8 N–H and O–H groups in total. The molecule has 0 bridgehead atoms. The molecule has 8 amide bonds. The monoisotopic (exact) mass is 1280 g/mol. The van der Waals surface area contributed by atoms with Gasteiger partial charge in [-0.15, -0.1) is 0 Å². The Morgan fingerprint density at radius 3 is 1.33 bits per heavy atom. The molecule has 0 radical (unpaired) electrons. The number of aliphatic hydroxyl groups is 4. The number of pyridine rings is 2. The van der Waals surface area contributed by atoms with Gasteiger partial charge in [-0.05, 0) is 107 Å². The number of carbonyl (C=O) groups is 6. The maximum absolute atomic E-state index is 13.5. The zero-order valence-electron chi connectivity index (χ0n) is 52.9. The fourth-order valence-electron chi connectivity index (χ4n) is 10.1. The first-order valence-corrected chi connectivity index (χ1v) is 30.0. The Kier molecular flexibility index (Phi) is 18.9. The molecule has 4 aromatic heterocycles. The van der Waals surface area contributed by atoms with Crippen LogP contribution in [0.3, 0.4) is 0 Å². The number of fused-ring (bicyclic) bond motifs is 1. The van der Waals surface area contributed by atoms with Crippen LogP contribution < -0.4 is 30.7 Å². The number of rotatable bonds is 18. The summed E-state index contributed by atoms with van der Waals surface area (Å²) < 4.78 is 15.2. The number of benzene rings is 5. The Hall–Kier alpha value is -11.1. The Balaban J connectivity index is 0.000000206. The van der Waals surface area contributed by atoms with Crippen LogP contribution in [0.4, 0.5) is 32.6 Å². The average Bonchev–Trinajstić information content (AvgIpc) is 1.60. The van der Waals surface area contributed by atoms with E-state index in [2.05, 4.69) is 31.2 Å². The third kappa shape index (κ3) is 14.8. The highest BCUT2D eigenvalue weighted by Crippen LogP contribution is 2.34. The standard InChI is InChI=1S/C36H37N7O6.C32H35N7O6/c1-35(2,3)30-21-31(43(40-30)25-11-9-24(10-12-25)22-42-33(45)36(47,48)32(44)41(42)4)39-34(46)38-28-13-14-29(27-8-6-5-7-26(27)28)49-20-17-23-15-18-37-19-16-23;1-31(2,3)26-19-27(35-30(42)34-23-7-11-25(12-8-23)45-18-15-21-13-16-33-17-14-21)39(36-26)24-9-5-22(6-10-24)20-38-29(41)32(43,44)28(40)37(38)4/h5-16,18-19,21,47-48H,17,20,22H2,1-4H3,(H2,38,39,46);5-14,16-17,19,43-44H,15,18,20H2,1-4H3,(H2,34,35,42). The molecule has 486 valence electrons. The summed E-state index contributed by atoms with van der Waals surface area (Å²) in [5, 5.41) is 65.8. The Labute approximate surface area is 540 Å². The van der Waals surface area contributed by atoms with Gasteiger partial charge < -0.3 is 40.5 Å². The average molecular weight is 1280 g/mol. The second kappa shape index (κ2) is 27.0. The zero-order valence-corrected chi connectivity index (χ0v) is 52.9. The van der Waals surface area contributed by atoms with Crippen LogP contribution in [0.5, 0.6) is 11.5 Å². The summed E-state index contributed by atoms with van der Waals surface area (Å²) in [6, 6.07) is 42.9. The molecule has 6 heterocycles. The number of nitrogens with zero attached hydrogens (tertiary/aromatic N) is 10. The lowest BCUT2D eigenvalue weighted by Crippen LogP contribution is -2.43. The van der Waals surface area contributed by atoms with E-state index < -0.39 is 47.3 Å². The number of hydrazine groups is 2. The minimum Gasteiger partial charge on any atom is -0.493 e. The molecule has 11 rings (SSSR count). The van der Waals surface area contributed by atoms with Crippen LogP contribution in [0, 0.1) is 0 Å². The second-order valence-corrected chi connectivity index (χ2v) is 24.5. The molecule has 9 aromatic rings. The van der Waals surface area contributed by atoms with E-state index in [1.165, 1.54) is 14.1 Å². The van der Waals surface area contributed by atoms with E-state index >= 15 is 0 Å². The molecule has 0 aliphatic carbocycles. The number of anilines is 4. The van der Waals surface area contributed by atoms with Gasteiger partial charge in [-0.3, -0.25) is 39.8 Å². The fourth-order valence-corrected chi connectivity index (χ4v) is 10.1. The molecule has 2 fully saturated rings. The van der Waals surface area contributed by atoms with Crippen LogP contribution in [0.1, 0.15) is 75.2 Å². The van der Waals surface area contributed by atoms with Gasteiger partial charge in [0.15, 0.2) is 0 Å². The minimum atomic E-state index is -3.09. The van der Waals surface area contributed by atoms with Gasteiger partial charge in [0.05, 0.1) is 54.8 Å². The molecule has 94 heavy (non-hydrogen) atoms. The predicted molar refractivity (Wildman–Crippen MR) is 348 cm³/mol. The molecule has 5 aromatic carbocycles. The van der Waals surface area contributed by atoms with Crippen LogP contribution >= 0.6 is 0 Å². The van der Waals surface area contributed by atoms with Crippen molar-refractivity contribution in [2.45, 2.75) is 89.9 Å². The molecule has 0 spiro atoms. The van der Waals surface area contributed by atoms with E-state index in [0.29, 0.717) is 70.2 Å². The van der Waals surface area contributed by atoms with Crippen molar-refractivity contribution in [3.05, 3.63) is 204 Å². The van der Waals surface area contributed by atoms with Crippen molar-refractivity contribution in [1.29, 1.82) is 0 Å². The van der Waals surface area contributed by atoms with E-state index in [1.54, 1.807) is 113 Å². The molecule has 2 aliphatic heterocycles. The van der Waals surface area contributed by atoms with Gasteiger partial charge in [-0.25, -0.2) is 39.0 Å². The van der Waals surface area contributed by atoms with E-state index in [1.807, 2.05) is 108 Å². The largest absolute Gasteiger partial charge is 0.493 e. The molecule has 0 unspecified atom stereocenters. The Morgan fingerprint density at radius 2 is 0.904 bits per heavy atom. The summed E-state index contributed by atoms with van der Waals surface area (Å²) in [4.78, 5) is 83.3. The number of likely N-dealkylation sites (N-methyl/N-ethyl adjacent to an activating group) is 2. The van der Waals surface area contributed by atoms with E-state index in [0.717, 1.165) is 66.2 Å². The topological polar surface area (TPSA) is 324 Å². The van der Waals surface area contributed by atoms with Crippen LogP contribution in [0.2, 0.25) is 0 Å². The van der Waals surface area contributed by atoms with Gasteiger partial charge in [-0.1, -0.05) is 90.1 Å². The second-order valence-electron chi connectivity index (χ2n) is 24.5. The quantitative estimate of drug-likeness (QED) is 0.0303. The van der Waals surface area contributed by atoms with Crippen molar-refractivity contribution in [3.8, 4) is 22.9 Å². The highest BCUT2D eigenvalue weighted by Gasteiger charge is 2.57. The van der Waals surface area contributed by atoms with E-state index in [-0.39, 0.29) is 23.9 Å². The van der Waals surface area contributed by atoms with Crippen molar-refractivity contribution in [2.75, 3.05) is 48.6 Å². The number of nitrogens with one attached hydrogen (secondary N) is 4. The lowest BCUT2D eigenvalue weighted by atomic mass is 9.92. The number of amides is 8. The van der Waals surface area contributed by atoms with Crippen LogP contribution in [-0.2, 0) is 55.9 Å². The predicted octanol–water partition coefficient (Wildman–Crippen LogP) is 7.61. The lowest BCUT2D eigenvalue weighted by molar-refractivity contribution is -0.186. The van der Waals surface area contributed by atoms with E-state index in [4.69, 9.17) is 19.7 Å². The molecular weight excluding hydrogens is 1200 g/mol. The van der Waals surface area contributed by atoms with Crippen molar-refractivity contribution in [3.63, 3.8) is 0 Å². The molecule has 2 saturated heterocycles. The van der Waals surface area contributed by atoms with Gasteiger partial charge in [0.2, 0.25) is 0 Å². The highest BCUT2D eigenvalue weighted by molar-refractivity contribution is 6.11. The summed E-state index contributed by atoms with van der Waals surface area (Å²) in [6.07, 6.45) is 8.50. The molecule has 26 heteroatoms.